The van der Waals surface area contributed by atoms with E-state index in [0.717, 1.165) is 11.3 Å². The van der Waals surface area contributed by atoms with Gasteiger partial charge in [-0.05, 0) is 24.3 Å². The number of carbonyl (C=O) groups is 1. The Balaban J connectivity index is 2.37. The Labute approximate surface area is 104 Å². The quantitative estimate of drug-likeness (QED) is 0.608. The fourth-order valence-electron chi connectivity index (χ4n) is 1.53. The van der Waals surface area contributed by atoms with Gasteiger partial charge in [-0.1, -0.05) is 18.2 Å². The lowest BCUT2D eigenvalue weighted by Gasteiger charge is -2.02. The molecule has 0 saturated carbocycles. The third kappa shape index (κ3) is 2.70. The molecule has 1 heterocycles. The Kier molecular flexibility index (Phi) is 3.33. The standard InChI is InChI=1S/C13H12N4O/c14-13(15)17-12(18)10-5-3-4-9(8-10)11-6-1-2-7-16-11/h1-8H,(H4,14,15,17,18). The number of amides is 1. The first-order chi connectivity index (χ1) is 8.66. The molecule has 2 rings (SSSR count). The van der Waals surface area contributed by atoms with E-state index in [0.29, 0.717) is 5.56 Å². The molecule has 5 nitrogen and oxygen atoms in total. The molecule has 0 fully saturated rings. The number of nitrogens with two attached hydrogens (primary N) is 2. The number of rotatable bonds is 2. The van der Waals surface area contributed by atoms with Crippen LogP contribution in [0.1, 0.15) is 10.4 Å². The summed E-state index contributed by atoms with van der Waals surface area (Å²) in [5.74, 6) is -0.712. The number of nitrogens with zero attached hydrogens (tertiary/aromatic N) is 2. The number of aromatic nitrogens is 1. The smallest absolute Gasteiger partial charge is 0.280 e. The Hall–Kier alpha value is -2.69. The topological polar surface area (TPSA) is 94.4 Å². The zero-order chi connectivity index (χ0) is 13.0. The zero-order valence-corrected chi connectivity index (χ0v) is 9.58. The van der Waals surface area contributed by atoms with Crippen LogP contribution in [0.25, 0.3) is 11.3 Å². The molecule has 5 heteroatoms. The van der Waals surface area contributed by atoms with Crippen LogP contribution in [0.4, 0.5) is 0 Å². The Morgan fingerprint density at radius 3 is 2.61 bits per heavy atom. The monoisotopic (exact) mass is 240 g/mol. The predicted molar refractivity (Wildman–Crippen MR) is 69.8 cm³/mol. The summed E-state index contributed by atoms with van der Waals surface area (Å²) in [4.78, 5) is 19.4. The van der Waals surface area contributed by atoms with Gasteiger partial charge in [0.15, 0.2) is 5.96 Å². The maximum Gasteiger partial charge on any atom is 0.280 e. The van der Waals surface area contributed by atoms with E-state index in [-0.39, 0.29) is 5.96 Å². The van der Waals surface area contributed by atoms with Gasteiger partial charge in [-0.3, -0.25) is 9.78 Å². The van der Waals surface area contributed by atoms with Crippen LogP contribution in [0.3, 0.4) is 0 Å². The molecule has 0 bridgehead atoms. The molecule has 0 aliphatic heterocycles. The Morgan fingerprint density at radius 2 is 1.94 bits per heavy atom. The van der Waals surface area contributed by atoms with Crippen LogP contribution in [0, 0.1) is 0 Å². The van der Waals surface area contributed by atoms with E-state index >= 15 is 0 Å². The Bertz CT molecular complexity index is 589. The van der Waals surface area contributed by atoms with Crippen molar-refractivity contribution in [3.05, 3.63) is 54.2 Å². The molecule has 1 aromatic heterocycles. The van der Waals surface area contributed by atoms with Crippen LogP contribution in [-0.4, -0.2) is 16.9 Å². The summed E-state index contributed by atoms with van der Waals surface area (Å²) >= 11 is 0. The molecular weight excluding hydrogens is 228 g/mol. The number of carbonyl (C=O) groups excluding carboxylic acids is 1. The van der Waals surface area contributed by atoms with Crippen molar-refractivity contribution in [2.75, 3.05) is 0 Å². The number of hydrogen-bond acceptors (Lipinski definition) is 2. The van der Waals surface area contributed by atoms with Gasteiger partial charge in [-0.2, -0.15) is 4.99 Å². The molecular formula is C13H12N4O. The Morgan fingerprint density at radius 1 is 1.11 bits per heavy atom. The molecule has 90 valence electrons. The molecule has 0 aliphatic carbocycles. The molecule has 1 amide bonds. The highest BCUT2D eigenvalue weighted by Gasteiger charge is 2.06. The third-order valence-electron chi connectivity index (χ3n) is 2.30. The van der Waals surface area contributed by atoms with Crippen LogP contribution in [0.2, 0.25) is 0 Å². The molecule has 0 radical (unpaired) electrons. The van der Waals surface area contributed by atoms with Crippen molar-refractivity contribution in [1.82, 2.24) is 4.98 Å². The second-order valence-electron chi connectivity index (χ2n) is 3.64. The van der Waals surface area contributed by atoms with Gasteiger partial charge in [0.05, 0.1) is 5.69 Å². The molecule has 18 heavy (non-hydrogen) atoms. The lowest BCUT2D eigenvalue weighted by Crippen LogP contribution is -2.24. The molecule has 0 saturated heterocycles. The molecule has 2 aromatic rings. The molecule has 0 spiro atoms. The minimum atomic E-state index is -0.465. The minimum absolute atomic E-state index is 0.247. The summed E-state index contributed by atoms with van der Waals surface area (Å²) < 4.78 is 0. The maximum atomic E-state index is 11.7. The van der Waals surface area contributed by atoms with Crippen LogP contribution in [0.15, 0.2) is 53.7 Å². The summed E-state index contributed by atoms with van der Waals surface area (Å²) in [6.45, 7) is 0. The van der Waals surface area contributed by atoms with Gasteiger partial charge in [0, 0.05) is 17.3 Å². The van der Waals surface area contributed by atoms with E-state index < -0.39 is 5.91 Å². The molecule has 0 atom stereocenters. The first kappa shape index (κ1) is 11.8. The van der Waals surface area contributed by atoms with Gasteiger partial charge in [-0.25, -0.2) is 0 Å². The van der Waals surface area contributed by atoms with Crippen LogP contribution in [0.5, 0.6) is 0 Å². The van der Waals surface area contributed by atoms with Crippen LogP contribution < -0.4 is 11.5 Å². The molecule has 1 aromatic carbocycles. The fraction of sp³-hybridized carbons (Fsp3) is 0. The van der Waals surface area contributed by atoms with Crippen LogP contribution >= 0.6 is 0 Å². The lowest BCUT2D eigenvalue weighted by atomic mass is 10.1. The lowest BCUT2D eigenvalue weighted by molar-refractivity contribution is 0.100. The van der Waals surface area contributed by atoms with Gasteiger partial charge in [0.1, 0.15) is 0 Å². The van der Waals surface area contributed by atoms with E-state index in [1.807, 2.05) is 24.3 Å². The van der Waals surface area contributed by atoms with Crippen molar-refractivity contribution < 1.29 is 4.79 Å². The van der Waals surface area contributed by atoms with Crippen molar-refractivity contribution in [3.63, 3.8) is 0 Å². The van der Waals surface area contributed by atoms with Gasteiger partial charge in [0.2, 0.25) is 0 Å². The van der Waals surface area contributed by atoms with Crippen molar-refractivity contribution in [2.24, 2.45) is 16.5 Å². The number of aliphatic imine (C=N–C) groups is 1. The maximum absolute atomic E-state index is 11.7. The summed E-state index contributed by atoms with van der Waals surface area (Å²) in [7, 11) is 0. The summed E-state index contributed by atoms with van der Waals surface area (Å²) in [6, 6.07) is 12.6. The third-order valence-corrected chi connectivity index (χ3v) is 2.30. The SMILES string of the molecule is NC(N)=NC(=O)c1cccc(-c2ccccn2)c1. The van der Waals surface area contributed by atoms with Crippen molar-refractivity contribution in [1.29, 1.82) is 0 Å². The average molecular weight is 240 g/mol. The normalized spacial score (nSPS) is 9.78. The number of benzene rings is 1. The van der Waals surface area contributed by atoms with Gasteiger partial charge < -0.3 is 11.5 Å². The van der Waals surface area contributed by atoms with Gasteiger partial charge >= 0.3 is 0 Å². The minimum Gasteiger partial charge on any atom is -0.370 e. The number of pyridine rings is 1. The van der Waals surface area contributed by atoms with Crippen LogP contribution in [-0.2, 0) is 0 Å². The van der Waals surface area contributed by atoms with Crippen molar-refractivity contribution in [3.8, 4) is 11.3 Å². The first-order valence-electron chi connectivity index (χ1n) is 5.32. The highest BCUT2D eigenvalue weighted by atomic mass is 16.1. The number of guanidine groups is 1. The highest BCUT2D eigenvalue weighted by molar-refractivity contribution is 6.02. The van der Waals surface area contributed by atoms with Gasteiger partial charge in [-0.15, -0.1) is 0 Å². The fourth-order valence-corrected chi connectivity index (χ4v) is 1.53. The second kappa shape index (κ2) is 5.09. The summed E-state index contributed by atoms with van der Waals surface area (Å²) in [5, 5.41) is 0. The predicted octanol–water partition coefficient (Wildman–Crippen LogP) is 1.16. The second-order valence-corrected chi connectivity index (χ2v) is 3.64. The molecule has 0 aliphatic rings. The first-order valence-corrected chi connectivity index (χ1v) is 5.32. The van der Waals surface area contributed by atoms with E-state index in [1.54, 1.807) is 24.4 Å². The van der Waals surface area contributed by atoms with Crippen molar-refractivity contribution >= 4 is 11.9 Å². The summed E-state index contributed by atoms with van der Waals surface area (Å²) in [6.07, 6.45) is 1.69. The highest BCUT2D eigenvalue weighted by Crippen LogP contribution is 2.18. The average Bonchev–Trinajstić information content (AvgIpc) is 2.39. The summed E-state index contributed by atoms with van der Waals surface area (Å²) in [5.41, 5.74) is 12.4. The van der Waals surface area contributed by atoms with E-state index in [1.165, 1.54) is 0 Å². The van der Waals surface area contributed by atoms with E-state index in [2.05, 4.69) is 9.98 Å². The largest absolute Gasteiger partial charge is 0.370 e. The van der Waals surface area contributed by atoms with Crippen molar-refractivity contribution in [2.45, 2.75) is 0 Å². The van der Waals surface area contributed by atoms with Gasteiger partial charge in [0.25, 0.3) is 5.91 Å². The molecule has 4 N–H and O–H groups in total. The molecule has 0 unspecified atom stereocenters. The number of hydrogen-bond donors (Lipinski definition) is 2. The van der Waals surface area contributed by atoms with E-state index in [9.17, 15) is 4.79 Å². The zero-order valence-electron chi connectivity index (χ0n) is 9.58. The van der Waals surface area contributed by atoms with E-state index in [4.69, 9.17) is 11.5 Å².